The van der Waals surface area contributed by atoms with Gasteiger partial charge in [-0.25, -0.2) is 9.18 Å². The summed E-state index contributed by atoms with van der Waals surface area (Å²) >= 11 is 0. The fraction of sp³-hybridized carbons (Fsp3) is 0.500. The van der Waals surface area contributed by atoms with Crippen LogP contribution in [0.5, 0.6) is 5.75 Å². The lowest BCUT2D eigenvalue weighted by atomic mass is 9.81. The van der Waals surface area contributed by atoms with Crippen LogP contribution in [0, 0.1) is 5.92 Å². The Labute approximate surface area is 135 Å². The number of carbonyl (C=O) groups is 1. The monoisotopic (exact) mass is 370 g/mol. The summed E-state index contributed by atoms with van der Waals surface area (Å²) in [7, 11) is -5.86. The summed E-state index contributed by atoms with van der Waals surface area (Å²) in [5, 5.41) is 9.06. The van der Waals surface area contributed by atoms with E-state index in [0.717, 1.165) is 19.1 Å². The molecule has 1 N–H and O–H groups in total. The molecule has 0 aromatic heterocycles. The number of benzene rings is 1. The van der Waals surface area contributed by atoms with E-state index < -0.39 is 38.9 Å². The summed E-state index contributed by atoms with van der Waals surface area (Å²) in [5.41, 5.74) is -8.18. The minimum absolute atomic E-state index is 0.0692. The maximum atomic E-state index is 14.6. The highest BCUT2D eigenvalue weighted by Crippen LogP contribution is 2.50. The van der Waals surface area contributed by atoms with Gasteiger partial charge in [0, 0.05) is 5.92 Å². The molecular formula is C14H14F4O5S. The molecule has 24 heavy (non-hydrogen) atoms. The minimum Gasteiger partial charge on any atom is -0.479 e. The third-order valence-corrected chi connectivity index (χ3v) is 4.78. The Morgan fingerprint density at radius 1 is 1.29 bits per heavy atom. The van der Waals surface area contributed by atoms with Crippen LogP contribution in [-0.4, -0.2) is 30.7 Å². The van der Waals surface area contributed by atoms with Crippen molar-refractivity contribution in [3.8, 4) is 5.75 Å². The lowest BCUT2D eigenvalue weighted by molar-refractivity contribution is -0.151. The van der Waals surface area contributed by atoms with Gasteiger partial charge in [-0.3, -0.25) is 0 Å². The molecule has 1 aromatic rings. The molecule has 1 aromatic carbocycles. The maximum Gasteiger partial charge on any atom is 0.534 e. The molecule has 0 aliphatic heterocycles. The van der Waals surface area contributed by atoms with Crippen LogP contribution in [0.25, 0.3) is 0 Å². The van der Waals surface area contributed by atoms with Gasteiger partial charge in [-0.1, -0.05) is 12.1 Å². The molecule has 1 fully saturated rings. The summed E-state index contributed by atoms with van der Waals surface area (Å²) < 4.78 is 77.7. The molecule has 2 rings (SSSR count). The molecular weight excluding hydrogens is 356 g/mol. The van der Waals surface area contributed by atoms with Gasteiger partial charge in [0.25, 0.3) is 0 Å². The summed E-state index contributed by atoms with van der Waals surface area (Å²) in [6.45, 7) is 0.873. The van der Waals surface area contributed by atoms with E-state index in [0.29, 0.717) is 12.8 Å². The first-order valence-corrected chi connectivity index (χ1v) is 8.30. The average Bonchev–Trinajstić information content (AvgIpc) is 3.21. The number of carboxylic acid groups (broad SMARTS) is 1. The van der Waals surface area contributed by atoms with Crippen molar-refractivity contribution in [2.45, 2.75) is 36.9 Å². The van der Waals surface area contributed by atoms with Crippen LogP contribution in [-0.2, 0) is 14.9 Å². The second-order valence-electron chi connectivity index (χ2n) is 5.75. The molecule has 0 bridgehead atoms. The van der Waals surface area contributed by atoms with Crippen LogP contribution in [0.3, 0.4) is 0 Å². The summed E-state index contributed by atoms with van der Waals surface area (Å²) in [6, 6.07) is 4.40. The molecule has 5 nitrogen and oxygen atoms in total. The highest BCUT2D eigenvalue weighted by atomic mass is 32.2. The Hall–Kier alpha value is -1.84. The first-order chi connectivity index (χ1) is 10.9. The van der Waals surface area contributed by atoms with Crippen molar-refractivity contribution in [3.05, 3.63) is 29.8 Å². The normalized spacial score (nSPS) is 19.4. The topological polar surface area (TPSA) is 80.7 Å². The van der Waals surface area contributed by atoms with Crippen LogP contribution in [0.1, 0.15) is 31.2 Å². The third-order valence-electron chi connectivity index (χ3n) is 3.80. The smallest absolute Gasteiger partial charge is 0.479 e. The summed E-state index contributed by atoms with van der Waals surface area (Å²) in [4.78, 5) is 11.2. The highest BCUT2D eigenvalue weighted by molar-refractivity contribution is 7.88. The second kappa shape index (κ2) is 5.91. The van der Waals surface area contributed by atoms with E-state index in [-0.39, 0.29) is 11.5 Å². The van der Waals surface area contributed by atoms with Gasteiger partial charge < -0.3 is 9.29 Å². The zero-order valence-corrected chi connectivity index (χ0v) is 13.2. The predicted molar refractivity (Wildman–Crippen MR) is 74.7 cm³/mol. The van der Waals surface area contributed by atoms with Gasteiger partial charge >= 0.3 is 21.6 Å². The molecule has 134 valence electrons. The van der Waals surface area contributed by atoms with Crippen LogP contribution in [0.2, 0.25) is 0 Å². The van der Waals surface area contributed by atoms with Crippen molar-refractivity contribution in [3.63, 3.8) is 0 Å². The molecule has 0 radical (unpaired) electrons. The van der Waals surface area contributed by atoms with Gasteiger partial charge in [0.2, 0.25) is 5.67 Å². The van der Waals surface area contributed by atoms with Crippen molar-refractivity contribution in [2.24, 2.45) is 5.92 Å². The number of carboxylic acids is 1. The number of halogens is 4. The van der Waals surface area contributed by atoms with Crippen molar-refractivity contribution < 1.29 is 40.1 Å². The number of alkyl halides is 4. The minimum atomic E-state index is -5.86. The molecule has 1 unspecified atom stereocenters. The second-order valence-corrected chi connectivity index (χ2v) is 7.29. The Balaban J connectivity index is 2.37. The molecule has 10 heteroatoms. The molecule has 0 heterocycles. The van der Waals surface area contributed by atoms with Crippen LogP contribution in [0.4, 0.5) is 17.6 Å². The Morgan fingerprint density at radius 3 is 2.33 bits per heavy atom. The van der Waals surface area contributed by atoms with Gasteiger partial charge in [-0.15, -0.1) is 0 Å². The number of hydrogen-bond donors (Lipinski definition) is 1. The van der Waals surface area contributed by atoms with E-state index in [4.69, 9.17) is 5.11 Å². The molecule has 0 amide bonds. The van der Waals surface area contributed by atoms with Crippen LogP contribution in [0.15, 0.2) is 24.3 Å². The van der Waals surface area contributed by atoms with Crippen molar-refractivity contribution in [1.29, 1.82) is 0 Å². The Bertz CT molecular complexity index is 738. The predicted octanol–water partition coefficient (Wildman–Crippen LogP) is 3.22. The standard InChI is InChI=1S/C14H14F4O5S/c1-13(15,12(19)20)11(8-5-6-8)9-3-2-4-10(7-9)23-24(21,22)14(16,17)18/h2-4,7-8,11H,5-6H2,1H3,(H,19,20)/t11-,13?/m0/s1. The highest BCUT2D eigenvalue weighted by Gasteiger charge is 2.51. The van der Waals surface area contributed by atoms with Crippen LogP contribution >= 0.6 is 0 Å². The first-order valence-electron chi connectivity index (χ1n) is 6.89. The first kappa shape index (κ1) is 18.5. The number of rotatable bonds is 6. The summed E-state index contributed by atoms with van der Waals surface area (Å²) in [6.07, 6.45) is 1.15. The zero-order chi connectivity index (χ0) is 18.3. The quantitative estimate of drug-likeness (QED) is 0.472. The zero-order valence-electron chi connectivity index (χ0n) is 12.4. The fourth-order valence-corrected chi connectivity index (χ4v) is 2.98. The van der Waals surface area contributed by atoms with Crippen molar-refractivity contribution >= 4 is 16.1 Å². The largest absolute Gasteiger partial charge is 0.534 e. The Morgan fingerprint density at radius 2 is 1.88 bits per heavy atom. The van der Waals surface area contributed by atoms with E-state index in [1.54, 1.807) is 0 Å². The van der Waals surface area contributed by atoms with E-state index in [2.05, 4.69) is 4.18 Å². The van der Waals surface area contributed by atoms with Crippen molar-refractivity contribution in [1.82, 2.24) is 0 Å². The molecule has 1 aliphatic carbocycles. The van der Waals surface area contributed by atoms with Crippen LogP contribution < -0.4 is 4.18 Å². The fourth-order valence-electron chi connectivity index (χ4n) is 2.52. The Kier molecular flexibility index (Phi) is 4.55. The van der Waals surface area contributed by atoms with E-state index in [1.807, 2.05) is 0 Å². The number of aliphatic carboxylic acids is 1. The van der Waals surface area contributed by atoms with Crippen molar-refractivity contribution in [2.75, 3.05) is 0 Å². The molecule has 0 saturated heterocycles. The van der Waals surface area contributed by atoms with Gasteiger partial charge in [0.15, 0.2) is 0 Å². The van der Waals surface area contributed by atoms with Gasteiger partial charge in [-0.2, -0.15) is 21.6 Å². The van der Waals surface area contributed by atoms with E-state index in [9.17, 15) is 30.8 Å². The van der Waals surface area contributed by atoms with E-state index >= 15 is 0 Å². The molecule has 1 aliphatic rings. The van der Waals surface area contributed by atoms with E-state index in [1.165, 1.54) is 12.1 Å². The van der Waals surface area contributed by atoms with Gasteiger partial charge in [0.1, 0.15) is 5.75 Å². The SMILES string of the molecule is CC(F)(C(=O)O)[C@H](c1cccc(OS(=O)(=O)C(F)(F)F)c1)C1CC1. The molecule has 0 spiro atoms. The summed E-state index contributed by atoms with van der Waals surface area (Å²) in [5.74, 6) is -3.76. The molecule has 1 saturated carbocycles. The van der Waals surface area contributed by atoms with Gasteiger partial charge in [0.05, 0.1) is 0 Å². The lowest BCUT2D eigenvalue weighted by Gasteiger charge is -2.27. The maximum absolute atomic E-state index is 14.6. The van der Waals surface area contributed by atoms with Gasteiger partial charge in [-0.05, 0) is 43.4 Å². The average molecular weight is 370 g/mol. The molecule has 2 atom stereocenters. The number of hydrogen-bond acceptors (Lipinski definition) is 4. The lowest BCUT2D eigenvalue weighted by Crippen LogP contribution is -2.38. The third kappa shape index (κ3) is 3.63.